The number of hydrogen-bond donors (Lipinski definition) is 0. The highest BCUT2D eigenvalue weighted by Gasteiger charge is 2.20. The third-order valence-electron chi connectivity index (χ3n) is 2.66. The standard InChI is InChI=1S/C14H14ClFO/c15-6-1-2-12-8-13(16)10-14(9-12)17-7-5-11-3-4-11/h8-11H,3-7H2. The van der Waals surface area contributed by atoms with Crippen molar-refractivity contribution in [1.82, 2.24) is 0 Å². The van der Waals surface area contributed by atoms with Crippen LogP contribution in [0.2, 0.25) is 0 Å². The lowest BCUT2D eigenvalue weighted by molar-refractivity contribution is 0.301. The van der Waals surface area contributed by atoms with Crippen molar-refractivity contribution in [2.45, 2.75) is 19.3 Å². The first-order valence-electron chi connectivity index (χ1n) is 5.76. The molecule has 0 aromatic heterocycles. The minimum atomic E-state index is -0.326. The number of alkyl halides is 1. The van der Waals surface area contributed by atoms with Gasteiger partial charge in [0.15, 0.2) is 0 Å². The van der Waals surface area contributed by atoms with Crippen LogP contribution in [0.3, 0.4) is 0 Å². The van der Waals surface area contributed by atoms with Gasteiger partial charge in [-0.05, 0) is 24.5 Å². The van der Waals surface area contributed by atoms with Crippen molar-refractivity contribution in [2.75, 3.05) is 12.5 Å². The zero-order valence-corrected chi connectivity index (χ0v) is 10.3. The number of hydrogen-bond acceptors (Lipinski definition) is 1. The molecule has 1 aromatic carbocycles. The Bertz CT molecular complexity index is 443. The molecule has 0 radical (unpaired) electrons. The fourth-order valence-corrected chi connectivity index (χ4v) is 1.67. The highest BCUT2D eigenvalue weighted by atomic mass is 35.5. The highest BCUT2D eigenvalue weighted by Crippen LogP contribution is 2.32. The largest absolute Gasteiger partial charge is 0.493 e. The van der Waals surface area contributed by atoms with E-state index in [-0.39, 0.29) is 11.7 Å². The summed E-state index contributed by atoms with van der Waals surface area (Å²) in [6.45, 7) is 0.649. The van der Waals surface area contributed by atoms with Crippen molar-refractivity contribution in [3.8, 4) is 17.6 Å². The van der Waals surface area contributed by atoms with Crippen molar-refractivity contribution in [3.05, 3.63) is 29.6 Å². The van der Waals surface area contributed by atoms with Gasteiger partial charge in [-0.1, -0.05) is 24.7 Å². The summed E-state index contributed by atoms with van der Waals surface area (Å²) in [5.74, 6) is 6.76. The second-order valence-electron chi connectivity index (χ2n) is 4.19. The summed E-state index contributed by atoms with van der Waals surface area (Å²) >= 11 is 5.46. The van der Waals surface area contributed by atoms with E-state index in [2.05, 4.69) is 11.8 Å². The Morgan fingerprint density at radius 3 is 2.88 bits per heavy atom. The number of halogens is 2. The van der Waals surface area contributed by atoms with Crippen molar-refractivity contribution < 1.29 is 9.13 Å². The van der Waals surface area contributed by atoms with Gasteiger partial charge >= 0.3 is 0 Å². The molecule has 0 amide bonds. The smallest absolute Gasteiger partial charge is 0.128 e. The first-order valence-corrected chi connectivity index (χ1v) is 6.29. The van der Waals surface area contributed by atoms with Crippen LogP contribution in [0, 0.1) is 23.6 Å². The molecule has 1 aromatic rings. The Balaban J connectivity index is 1.96. The molecule has 3 heteroatoms. The molecule has 1 saturated carbocycles. The molecule has 0 bridgehead atoms. The van der Waals surface area contributed by atoms with E-state index in [9.17, 15) is 4.39 Å². The monoisotopic (exact) mass is 252 g/mol. The molecule has 0 spiro atoms. The predicted octanol–water partition coefficient (Wildman–Crippen LogP) is 3.59. The number of ether oxygens (including phenoxy) is 1. The molecule has 1 nitrogen and oxygen atoms in total. The second kappa shape index (κ2) is 5.93. The summed E-state index contributed by atoms with van der Waals surface area (Å²) in [5, 5.41) is 0. The van der Waals surface area contributed by atoms with Gasteiger partial charge in [-0.3, -0.25) is 0 Å². The van der Waals surface area contributed by atoms with E-state index >= 15 is 0 Å². The first-order chi connectivity index (χ1) is 8.28. The Morgan fingerprint density at radius 1 is 1.35 bits per heavy atom. The molecular weight excluding hydrogens is 239 g/mol. The molecule has 17 heavy (non-hydrogen) atoms. The maximum atomic E-state index is 13.3. The maximum Gasteiger partial charge on any atom is 0.128 e. The molecule has 0 N–H and O–H groups in total. The van der Waals surface area contributed by atoms with E-state index < -0.39 is 0 Å². The Labute approximate surface area is 106 Å². The fourth-order valence-electron chi connectivity index (χ4n) is 1.60. The van der Waals surface area contributed by atoms with Gasteiger partial charge in [0.25, 0.3) is 0 Å². The van der Waals surface area contributed by atoms with Gasteiger partial charge < -0.3 is 4.74 Å². The van der Waals surface area contributed by atoms with E-state index in [1.54, 1.807) is 6.07 Å². The van der Waals surface area contributed by atoms with Crippen LogP contribution in [-0.4, -0.2) is 12.5 Å². The van der Waals surface area contributed by atoms with Crippen LogP contribution in [0.1, 0.15) is 24.8 Å². The quantitative estimate of drug-likeness (QED) is 0.588. The van der Waals surface area contributed by atoms with E-state index in [0.29, 0.717) is 17.9 Å². The van der Waals surface area contributed by atoms with Crippen molar-refractivity contribution in [2.24, 2.45) is 5.92 Å². The highest BCUT2D eigenvalue weighted by molar-refractivity contribution is 6.19. The summed E-state index contributed by atoms with van der Waals surface area (Å²) in [6, 6.07) is 4.52. The third kappa shape index (κ3) is 4.28. The minimum absolute atomic E-state index is 0.244. The van der Waals surface area contributed by atoms with Crippen LogP contribution in [0.5, 0.6) is 5.75 Å². The molecule has 1 aliphatic rings. The SMILES string of the molecule is Fc1cc(C#CCCl)cc(OCCC2CC2)c1. The van der Waals surface area contributed by atoms with Crippen LogP contribution in [0.4, 0.5) is 4.39 Å². The Hall–Kier alpha value is -1.20. The van der Waals surface area contributed by atoms with Gasteiger partial charge in [0.1, 0.15) is 11.6 Å². The summed E-state index contributed by atoms with van der Waals surface area (Å²) < 4.78 is 18.8. The zero-order chi connectivity index (χ0) is 12.1. The van der Waals surface area contributed by atoms with E-state index in [4.69, 9.17) is 16.3 Å². The topological polar surface area (TPSA) is 9.23 Å². The van der Waals surface area contributed by atoms with Gasteiger partial charge in [-0.15, -0.1) is 11.6 Å². The molecule has 2 rings (SSSR count). The van der Waals surface area contributed by atoms with Gasteiger partial charge in [0.05, 0.1) is 12.5 Å². The second-order valence-corrected chi connectivity index (χ2v) is 4.46. The Morgan fingerprint density at radius 2 is 2.18 bits per heavy atom. The molecule has 1 fully saturated rings. The van der Waals surface area contributed by atoms with Crippen LogP contribution in [0.25, 0.3) is 0 Å². The fraction of sp³-hybridized carbons (Fsp3) is 0.429. The predicted molar refractivity (Wildman–Crippen MR) is 66.8 cm³/mol. The van der Waals surface area contributed by atoms with E-state index in [1.807, 2.05) is 0 Å². The van der Waals surface area contributed by atoms with Crippen molar-refractivity contribution in [1.29, 1.82) is 0 Å². The van der Waals surface area contributed by atoms with Gasteiger partial charge in [-0.25, -0.2) is 4.39 Å². The van der Waals surface area contributed by atoms with Crippen molar-refractivity contribution >= 4 is 11.6 Å². The molecule has 0 aliphatic heterocycles. The summed E-state index contributed by atoms with van der Waals surface area (Å²) in [5.41, 5.74) is 0.604. The van der Waals surface area contributed by atoms with Gasteiger partial charge in [-0.2, -0.15) is 0 Å². The van der Waals surface area contributed by atoms with Crippen LogP contribution in [0.15, 0.2) is 18.2 Å². The molecule has 90 valence electrons. The normalized spacial score (nSPS) is 14.0. The van der Waals surface area contributed by atoms with Gasteiger partial charge in [0, 0.05) is 11.6 Å². The number of benzene rings is 1. The minimum Gasteiger partial charge on any atom is -0.493 e. The summed E-state index contributed by atoms with van der Waals surface area (Å²) in [6.07, 6.45) is 3.66. The number of rotatable bonds is 4. The molecule has 0 unspecified atom stereocenters. The lowest BCUT2D eigenvalue weighted by Crippen LogP contribution is -1.99. The first kappa shape index (κ1) is 12.3. The average Bonchev–Trinajstić information content (AvgIpc) is 3.10. The third-order valence-corrected chi connectivity index (χ3v) is 2.80. The van der Waals surface area contributed by atoms with Gasteiger partial charge in [0.2, 0.25) is 0 Å². The van der Waals surface area contributed by atoms with E-state index in [1.165, 1.54) is 25.0 Å². The zero-order valence-electron chi connectivity index (χ0n) is 9.51. The average molecular weight is 253 g/mol. The summed E-state index contributed by atoms with van der Waals surface area (Å²) in [4.78, 5) is 0. The van der Waals surface area contributed by atoms with Crippen LogP contribution < -0.4 is 4.74 Å². The molecule has 0 atom stereocenters. The molecule has 1 aliphatic carbocycles. The molecular formula is C14H14ClFO. The lowest BCUT2D eigenvalue weighted by atomic mass is 10.2. The molecule has 0 heterocycles. The lowest BCUT2D eigenvalue weighted by Gasteiger charge is -2.06. The van der Waals surface area contributed by atoms with Crippen LogP contribution >= 0.6 is 11.6 Å². The Kier molecular flexibility index (Phi) is 4.28. The van der Waals surface area contributed by atoms with E-state index in [0.717, 1.165) is 12.3 Å². The van der Waals surface area contributed by atoms with Crippen LogP contribution in [-0.2, 0) is 0 Å². The summed E-state index contributed by atoms with van der Waals surface area (Å²) in [7, 11) is 0. The van der Waals surface area contributed by atoms with Crippen molar-refractivity contribution in [3.63, 3.8) is 0 Å². The molecule has 0 saturated heterocycles. The maximum absolute atomic E-state index is 13.3.